The van der Waals surface area contributed by atoms with Crippen molar-refractivity contribution in [2.75, 3.05) is 13.1 Å². The molecule has 0 amide bonds. The largest absolute Gasteiger partial charge is 0.318 e. The van der Waals surface area contributed by atoms with Gasteiger partial charge in [0.15, 0.2) is 5.82 Å². The van der Waals surface area contributed by atoms with Crippen LogP contribution in [0.5, 0.6) is 0 Å². The molecule has 6 heteroatoms. The Kier molecular flexibility index (Phi) is 1.63. The van der Waals surface area contributed by atoms with E-state index in [1.54, 1.807) is 0 Å². The van der Waals surface area contributed by atoms with E-state index in [1.165, 1.54) is 12.8 Å². The number of hydrogen-bond acceptors (Lipinski definition) is 5. The van der Waals surface area contributed by atoms with Gasteiger partial charge in [-0.05, 0) is 19.3 Å². The smallest absolute Gasteiger partial charge is 0.195 e. The monoisotopic (exact) mass is 194 g/mol. The topological polar surface area (TPSA) is 83.7 Å². The minimum atomic E-state index is -0.379. The van der Waals surface area contributed by atoms with Crippen molar-refractivity contribution in [1.29, 1.82) is 0 Å². The highest BCUT2D eigenvalue weighted by Crippen LogP contribution is 2.35. The SMILES string of the molecule is NC1(c2nn[nH]n2)CCN(C2CC2)C1. The van der Waals surface area contributed by atoms with Crippen molar-refractivity contribution >= 4 is 0 Å². The first kappa shape index (κ1) is 8.31. The normalized spacial score (nSPS) is 33.8. The van der Waals surface area contributed by atoms with Crippen molar-refractivity contribution in [2.24, 2.45) is 5.73 Å². The van der Waals surface area contributed by atoms with E-state index >= 15 is 0 Å². The zero-order valence-electron chi connectivity index (χ0n) is 7.98. The molecule has 14 heavy (non-hydrogen) atoms. The number of nitrogens with one attached hydrogen (secondary N) is 1. The standard InChI is InChI=1S/C8H14N6/c9-8(7-10-12-13-11-7)3-4-14(5-8)6-1-2-6/h6H,1-5,9H2,(H,10,11,12,13). The fourth-order valence-electron chi connectivity index (χ4n) is 2.17. The number of likely N-dealkylation sites (tertiary alicyclic amines) is 1. The molecule has 3 N–H and O–H groups in total. The van der Waals surface area contributed by atoms with Crippen LogP contribution in [0.25, 0.3) is 0 Å². The van der Waals surface area contributed by atoms with E-state index in [2.05, 4.69) is 25.5 Å². The highest BCUT2D eigenvalue weighted by molar-refractivity contribution is 5.08. The van der Waals surface area contributed by atoms with Crippen LogP contribution in [0.2, 0.25) is 0 Å². The van der Waals surface area contributed by atoms with E-state index in [-0.39, 0.29) is 5.54 Å². The molecule has 1 atom stereocenters. The van der Waals surface area contributed by atoms with Crippen LogP contribution in [0.3, 0.4) is 0 Å². The molecule has 1 aliphatic heterocycles. The maximum Gasteiger partial charge on any atom is 0.195 e. The molecule has 0 radical (unpaired) electrons. The van der Waals surface area contributed by atoms with Crippen molar-refractivity contribution in [3.8, 4) is 0 Å². The van der Waals surface area contributed by atoms with E-state index in [1.807, 2.05) is 0 Å². The molecule has 2 heterocycles. The van der Waals surface area contributed by atoms with Gasteiger partial charge in [0.2, 0.25) is 0 Å². The van der Waals surface area contributed by atoms with Gasteiger partial charge in [-0.2, -0.15) is 5.21 Å². The summed E-state index contributed by atoms with van der Waals surface area (Å²) in [6.45, 7) is 1.94. The second-order valence-electron chi connectivity index (χ2n) is 4.34. The van der Waals surface area contributed by atoms with Gasteiger partial charge in [0.1, 0.15) is 0 Å². The molecular weight excluding hydrogens is 180 g/mol. The zero-order chi connectivity index (χ0) is 9.60. The molecule has 1 saturated heterocycles. The molecule has 1 saturated carbocycles. The van der Waals surface area contributed by atoms with E-state index in [9.17, 15) is 0 Å². The fourth-order valence-corrected chi connectivity index (χ4v) is 2.17. The lowest BCUT2D eigenvalue weighted by molar-refractivity contribution is 0.298. The maximum atomic E-state index is 6.25. The second-order valence-corrected chi connectivity index (χ2v) is 4.34. The number of nitrogens with two attached hydrogens (primary N) is 1. The Balaban J connectivity index is 1.78. The molecule has 1 aliphatic carbocycles. The minimum absolute atomic E-state index is 0.379. The third-order valence-corrected chi connectivity index (χ3v) is 3.18. The quantitative estimate of drug-likeness (QED) is 0.645. The van der Waals surface area contributed by atoms with E-state index in [0.717, 1.165) is 25.6 Å². The summed E-state index contributed by atoms with van der Waals surface area (Å²) in [5, 5.41) is 14.0. The molecule has 0 bridgehead atoms. The average molecular weight is 194 g/mol. The molecule has 1 unspecified atom stereocenters. The average Bonchev–Trinajstić information content (AvgIpc) is 2.74. The first-order chi connectivity index (χ1) is 6.78. The summed E-state index contributed by atoms with van der Waals surface area (Å²) in [5.41, 5.74) is 5.87. The second kappa shape index (κ2) is 2.74. The van der Waals surface area contributed by atoms with Crippen molar-refractivity contribution in [3.05, 3.63) is 5.82 Å². The Morgan fingerprint density at radius 2 is 2.36 bits per heavy atom. The molecule has 2 fully saturated rings. The summed E-state index contributed by atoms with van der Waals surface area (Å²) in [6.07, 6.45) is 3.58. The molecule has 1 aromatic heterocycles. The molecular formula is C8H14N6. The Morgan fingerprint density at radius 1 is 1.50 bits per heavy atom. The van der Waals surface area contributed by atoms with Crippen LogP contribution in [-0.2, 0) is 5.54 Å². The molecule has 6 nitrogen and oxygen atoms in total. The van der Waals surface area contributed by atoms with Gasteiger partial charge < -0.3 is 5.73 Å². The predicted molar refractivity (Wildman–Crippen MR) is 49.3 cm³/mol. The first-order valence-electron chi connectivity index (χ1n) is 5.05. The highest BCUT2D eigenvalue weighted by Gasteiger charge is 2.44. The van der Waals surface area contributed by atoms with Gasteiger partial charge in [-0.1, -0.05) is 5.21 Å². The van der Waals surface area contributed by atoms with Crippen molar-refractivity contribution in [3.63, 3.8) is 0 Å². The summed E-state index contributed by atoms with van der Waals surface area (Å²) >= 11 is 0. The lowest BCUT2D eigenvalue weighted by atomic mass is 10.00. The summed E-state index contributed by atoms with van der Waals surface area (Å²) in [4.78, 5) is 2.44. The van der Waals surface area contributed by atoms with E-state index in [4.69, 9.17) is 5.73 Å². The van der Waals surface area contributed by atoms with Gasteiger partial charge in [-0.3, -0.25) is 4.90 Å². The number of aromatic nitrogens is 4. The number of nitrogens with zero attached hydrogens (tertiary/aromatic N) is 4. The number of aromatic amines is 1. The van der Waals surface area contributed by atoms with Gasteiger partial charge in [-0.25, -0.2) is 0 Å². The van der Waals surface area contributed by atoms with Gasteiger partial charge in [-0.15, -0.1) is 10.2 Å². The van der Waals surface area contributed by atoms with Crippen LogP contribution < -0.4 is 5.73 Å². The Bertz CT molecular complexity index is 319. The Hall–Kier alpha value is -1.01. The molecule has 1 aromatic rings. The Morgan fingerprint density at radius 3 is 3.00 bits per heavy atom. The lowest BCUT2D eigenvalue weighted by Crippen LogP contribution is -2.41. The Labute approximate surface area is 81.8 Å². The molecule has 0 spiro atoms. The number of rotatable bonds is 2. The lowest BCUT2D eigenvalue weighted by Gasteiger charge is -2.20. The fraction of sp³-hybridized carbons (Fsp3) is 0.875. The van der Waals surface area contributed by atoms with Crippen molar-refractivity contribution < 1.29 is 0 Å². The van der Waals surface area contributed by atoms with E-state index < -0.39 is 0 Å². The van der Waals surface area contributed by atoms with Crippen LogP contribution in [0.4, 0.5) is 0 Å². The van der Waals surface area contributed by atoms with E-state index in [0.29, 0.717) is 5.82 Å². The number of tetrazole rings is 1. The van der Waals surface area contributed by atoms with Crippen LogP contribution >= 0.6 is 0 Å². The summed E-state index contributed by atoms with van der Waals surface area (Å²) < 4.78 is 0. The first-order valence-corrected chi connectivity index (χ1v) is 5.05. The maximum absolute atomic E-state index is 6.25. The van der Waals surface area contributed by atoms with Crippen molar-refractivity contribution in [1.82, 2.24) is 25.5 Å². The molecule has 3 rings (SSSR count). The van der Waals surface area contributed by atoms with Gasteiger partial charge in [0, 0.05) is 19.1 Å². The molecule has 0 aromatic carbocycles. The predicted octanol–water partition coefficient (Wildman–Crippen LogP) is -0.778. The minimum Gasteiger partial charge on any atom is -0.318 e. The molecule has 2 aliphatic rings. The third kappa shape index (κ3) is 1.22. The number of hydrogen-bond donors (Lipinski definition) is 2. The zero-order valence-corrected chi connectivity index (χ0v) is 7.98. The van der Waals surface area contributed by atoms with Crippen LogP contribution in [0.15, 0.2) is 0 Å². The number of H-pyrrole nitrogens is 1. The van der Waals surface area contributed by atoms with Gasteiger partial charge >= 0.3 is 0 Å². The molecule has 76 valence electrons. The summed E-state index contributed by atoms with van der Waals surface area (Å²) in [5.74, 6) is 0.653. The van der Waals surface area contributed by atoms with Crippen LogP contribution in [-0.4, -0.2) is 44.7 Å². The van der Waals surface area contributed by atoms with Crippen molar-refractivity contribution in [2.45, 2.75) is 30.8 Å². The summed E-state index contributed by atoms with van der Waals surface area (Å²) in [7, 11) is 0. The third-order valence-electron chi connectivity index (χ3n) is 3.18. The summed E-state index contributed by atoms with van der Waals surface area (Å²) in [6, 6.07) is 0.771. The van der Waals surface area contributed by atoms with Gasteiger partial charge in [0.05, 0.1) is 5.54 Å². The van der Waals surface area contributed by atoms with Crippen LogP contribution in [0.1, 0.15) is 25.1 Å². The van der Waals surface area contributed by atoms with Crippen LogP contribution in [0, 0.1) is 0 Å². The van der Waals surface area contributed by atoms with Gasteiger partial charge in [0.25, 0.3) is 0 Å². The highest BCUT2D eigenvalue weighted by atomic mass is 15.5.